The average Bonchev–Trinajstić information content (AvgIpc) is 3.22. The molecule has 5 aliphatic rings. The van der Waals surface area contributed by atoms with Gasteiger partial charge in [0.25, 0.3) is 5.91 Å². The standard InChI is InChI=1S/C39H50N6O7/c1-22(2)52-33(47)19-31(35(48)43-34-27-15-25-14-26(17-27)18-28(34)16-25)41-32(46)21-44-36(49)39(4,5)45(38(44)51)20-24-10-12-29(13-11-24)40-37(50)42-30-9-7-6-8-23(30)3/h6-13,22,25-28,31,34H,14-21H2,1-5H3,(H,41,46)(H,43,48)(H2,40,42,50)/t25?,26?,27?,28?,31-,34?/m0/s1. The Morgan fingerprint density at radius 3 is 2.13 bits per heavy atom. The van der Waals surface area contributed by atoms with Crippen molar-refractivity contribution in [1.82, 2.24) is 20.4 Å². The molecule has 278 valence electrons. The topological polar surface area (TPSA) is 166 Å². The number of anilines is 2. The summed E-state index contributed by atoms with van der Waals surface area (Å²) in [5, 5.41) is 11.4. The van der Waals surface area contributed by atoms with E-state index in [-0.39, 0.29) is 19.0 Å². The van der Waals surface area contributed by atoms with Crippen molar-refractivity contribution in [2.45, 2.75) is 103 Å². The van der Waals surface area contributed by atoms with Crippen molar-refractivity contribution in [1.29, 1.82) is 0 Å². The zero-order valence-electron chi connectivity index (χ0n) is 30.6. The summed E-state index contributed by atoms with van der Waals surface area (Å²) in [5.74, 6) is -0.177. The van der Waals surface area contributed by atoms with Gasteiger partial charge < -0.3 is 30.9 Å². The number of hydrogen-bond donors (Lipinski definition) is 4. The van der Waals surface area contributed by atoms with Crippen LogP contribution in [-0.2, 0) is 30.5 Å². The van der Waals surface area contributed by atoms with E-state index in [1.54, 1.807) is 52.0 Å². The Balaban J connectivity index is 1.07. The summed E-state index contributed by atoms with van der Waals surface area (Å²) >= 11 is 0. The van der Waals surface area contributed by atoms with Gasteiger partial charge in [-0.05, 0) is 120 Å². The van der Waals surface area contributed by atoms with Crippen LogP contribution in [0.25, 0.3) is 0 Å². The van der Waals surface area contributed by atoms with Gasteiger partial charge in [0.05, 0.1) is 12.5 Å². The fraction of sp³-hybridized carbons (Fsp3) is 0.538. The minimum atomic E-state index is -1.26. The molecule has 4 N–H and O–H groups in total. The van der Waals surface area contributed by atoms with Crippen LogP contribution in [0.1, 0.15) is 77.3 Å². The van der Waals surface area contributed by atoms with Gasteiger partial charge in [-0.2, -0.15) is 0 Å². The van der Waals surface area contributed by atoms with Crippen LogP contribution in [0.4, 0.5) is 21.0 Å². The molecule has 4 aliphatic carbocycles. The second-order valence-electron chi connectivity index (χ2n) is 15.7. The van der Waals surface area contributed by atoms with Crippen LogP contribution in [0.3, 0.4) is 0 Å². The second kappa shape index (κ2) is 15.0. The molecular weight excluding hydrogens is 664 g/mol. The SMILES string of the molecule is Cc1ccccc1NC(=O)Nc1ccc(CN2C(=O)N(CC(=O)N[C@@H](CC(=O)OC(C)C)C(=O)NC3C4CC5CC(C4)CC3C5)C(=O)C2(C)C)cc1. The van der Waals surface area contributed by atoms with Crippen LogP contribution in [-0.4, -0.2) is 75.8 Å². The van der Waals surface area contributed by atoms with E-state index in [1.165, 1.54) is 11.3 Å². The van der Waals surface area contributed by atoms with Crippen molar-refractivity contribution >= 4 is 47.1 Å². The first-order chi connectivity index (χ1) is 24.7. The number of imide groups is 1. The average molecular weight is 715 g/mol. The van der Waals surface area contributed by atoms with Crippen molar-refractivity contribution in [3.05, 3.63) is 59.7 Å². The Morgan fingerprint density at radius 1 is 0.885 bits per heavy atom. The number of para-hydroxylation sites is 1. The predicted molar refractivity (Wildman–Crippen MR) is 194 cm³/mol. The quantitative estimate of drug-likeness (QED) is 0.178. The summed E-state index contributed by atoms with van der Waals surface area (Å²) in [6, 6.07) is 12.0. The molecular formula is C39H50N6O7. The third-order valence-electron chi connectivity index (χ3n) is 11.1. The smallest absolute Gasteiger partial charge is 0.328 e. The predicted octanol–water partition coefficient (Wildman–Crippen LogP) is 4.95. The highest BCUT2D eigenvalue weighted by Gasteiger charge is 2.52. The third-order valence-corrected chi connectivity index (χ3v) is 11.1. The van der Waals surface area contributed by atoms with Crippen molar-refractivity contribution in [3.63, 3.8) is 0 Å². The van der Waals surface area contributed by atoms with E-state index < -0.39 is 60.0 Å². The number of rotatable bonds is 12. The molecule has 0 unspecified atom stereocenters. The molecule has 7 amide bonds. The van der Waals surface area contributed by atoms with Gasteiger partial charge in [-0.3, -0.25) is 24.1 Å². The number of carbonyl (C=O) groups is 6. The van der Waals surface area contributed by atoms with E-state index in [4.69, 9.17) is 4.74 Å². The molecule has 4 bridgehead atoms. The Hall–Kier alpha value is -4.94. The van der Waals surface area contributed by atoms with E-state index in [1.807, 2.05) is 31.2 Å². The summed E-state index contributed by atoms with van der Waals surface area (Å²) in [7, 11) is 0. The van der Waals surface area contributed by atoms with E-state index in [0.29, 0.717) is 40.6 Å². The van der Waals surface area contributed by atoms with Crippen molar-refractivity contribution in [2.24, 2.45) is 23.7 Å². The first-order valence-electron chi connectivity index (χ1n) is 18.3. The van der Waals surface area contributed by atoms with Gasteiger partial charge in [0.15, 0.2) is 0 Å². The second-order valence-corrected chi connectivity index (χ2v) is 15.7. The molecule has 7 rings (SSSR count). The minimum Gasteiger partial charge on any atom is -0.463 e. The highest BCUT2D eigenvalue weighted by molar-refractivity contribution is 6.08. The van der Waals surface area contributed by atoms with Crippen molar-refractivity contribution < 1.29 is 33.5 Å². The molecule has 2 aromatic rings. The van der Waals surface area contributed by atoms with E-state index in [2.05, 4.69) is 21.3 Å². The molecule has 2 aromatic carbocycles. The number of amides is 7. The van der Waals surface area contributed by atoms with Gasteiger partial charge in [0, 0.05) is 24.0 Å². The van der Waals surface area contributed by atoms with Crippen LogP contribution in [0.2, 0.25) is 0 Å². The molecule has 13 heteroatoms. The Kier molecular flexibility index (Phi) is 10.6. The molecule has 0 aromatic heterocycles. The van der Waals surface area contributed by atoms with Crippen LogP contribution in [0, 0.1) is 30.6 Å². The Labute approximate surface area is 304 Å². The number of hydrogen-bond acceptors (Lipinski definition) is 7. The largest absolute Gasteiger partial charge is 0.463 e. The minimum absolute atomic E-state index is 0.00234. The summed E-state index contributed by atoms with van der Waals surface area (Å²) in [6.07, 6.45) is 4.84. The molecule has 1 heterocycles. The Bertz CT molecular complexity index is 1700. The summed E-state index contributed by atoms with van der Waals surface area (Å²) in [4.78, 5) is 81.8. The first kappa shape index (κ1) is 36.8. The maximum atomic E-state index is 13.7. The van der Waals surface area contributed by atoms with Crippen LogP contribution >= 0.6 is 0 Å². The molecule has 5 fully saturated rings. The van der Waals surface area contributed by atoms with E-state index in [0.717, 1.165) is 36.1 Å². The lowest BCUT2D eigenvalue weighted by Gasteiger charge is -2.54. The van der Waals surface area contributed by atoms with Crippen molar-refractivity contribution in [3.8, 4) is 0 Å². The maximum Gasteiger partial charge on any atom is 0.328 e. The molecule has 0 spiro atoms. The van der Waals surface area contributed by atoms with Crippen LogP contribution < -0.4 is 21.3 Å². The van der Waals surface area contributed by atoms with E-state index >= 15 is 0 Å². The lowest BCUT2D eigenvalue weighted by atomic mass is 9.54. The van der Waals surface area contributed by atoms with Gasteiger partial charge in [-0.15, -0.1) is 0 Å². The number of nitrogens with one attached hydrogen (secondary N) is 4. The molecule has 4 saturated carbocycles. The first-order valence-corrected chi connectivity index (χ1v) is 18.3. The van der Waals surface area contributed by atoms with Crippen LogP contribution in [0.5, 0.6) is 0 Å². The normalized spacial score (nSPS) is 24.8. The van der Waals surface area contributed by atoms with Crippen molar-refractivity contribution in [2.75, 3.05) is 17.2 Å². The molecule has 52 heavy (non-hydrogen) atoms. The molecule has 1 aliphatic heterocycles. The van der Waals surface area contributed by atoms with Gasteiger partial charge in [0.1, 0.15) is 18.1 Å². The van der Waals surface area contributed by atoms with Crippen LogP contribution in [0.15, 0.2) is 48.5 Å². The summed E-state index contributed by atoms with van der Waals surface area (Å²) in [6.45, 7) is 7.99. The third kappa shape index (κ3) is 8.08. The Morgan fingerprint density at radius 2 is 1.52 bits per heavy atom. The zero-order valence-corrected chi connectivity index (χ0v) is 30.6. The fourth-order valence-corrected chi connectivity index (χ4v) is 8.69. The highest BCUT2D eigenvalue weighted by atomic mass is 16.5. The number of aryl methyl sites for hydroxylation is 1. The number of esters is 1. The number of benzene rings is 2. The van der Waals surface area contributed by atoms with Gasteiger partial charge in [-0.1, -0.05) is 30.3 Å². The summed E-state index contributed by atoms with van der Waals surface area (Å²) in [5.41, 5.74) is 1.60. The monoisotopic (exact) mass is 714 g/mol. The lowest BCUT2D eigenvalue weighted by Crippen LogP contribution is -2.59. The molecule has 13 nitrogen and oxygen atoms in total. The molecule has 1 atom stereocenters. The van der Waals surface area contributed by atoms with Gasteiger partial charge in [-0.25, -0.2) is 9.59 Å². The van der Waals surface area contributed by atoms with Gasteiger partial charge >= 0.3 is 18.0 Å². The molecule has 0 radical (unpaired) electrons. The number of urea groups is 2. The fourth-order valence-electron chi connectivity index (χ4n) is 8.69. The molecule has 1 saturated heterocycles. The number of ether oxygens (including phenoxy) is 1. The zero-order chi connectivity index (χ0) is 37.3. The number of nitrogens with zero attached hydrogens (tertiary/aromatic N) is 2. The number of carbonyl (C=O) groups excluding carboxylic acids is 6. The summed E-state index contributed by atoms with van der Waals surface area (Å²) < 4.78 is 5.30. The lowest BCUT2D eigenvalue weighted by molar-refractivity contribution is -0.150. The highest BCUT2D eigenvalue weighted by Crippen LogP contribution is 2.53. The van der Waals surface area contributed by atoms with E-state index in [9.17, 15) is 28.8 Å². The maximum absolute atomic E-state index is 13.7. The van der Waals surface area contributed by atoms with Gasteiger partial charge in [0.2, 0.25) is 11.8 Å².